The SMILES string of the molecule is O=[N+]([O-])c1cccc(-c2nc3sc4ccccc4n3c2C[NH+]2CC[NH2+]CC2)c1. The van der Waals surface area contributed by atoms with Gasteiger partial charge in [0.15, 0.2) is 4.96 Å². The summed E-state index contributed by atoms with van der Waals surface area (Å²) in [5.41, 5.74) is 4.08. The average Bonchev–Trinajstić information content (AvgIpc) is 3.25. The fraction of sp³-hybridized carbons (Fsp3) is 0.250. The van der Waals surface area contributed by atoms with E-state index in [1.165, 1.54) is 15.7 Å². The molecule has 8 heteroatoms. The van der Waals surface area contributed by atoms with Gasteiger partial charge < -0.3 is 10.2 Å². The van der Waals surface area contributed by atoms with Crippen LogP contribution < -0.4 is 10.2 Å². The van der Waals surface area contributed by atoms with Gasteiger partial charge in [-0.05, 0) is 12.1 Å². The highest BCUT2D eigenvalue weighted by molar-refractivity contribution is 7.23. The van der Waals surface area contributed by atoms with Crippen LogP contribution >= 0.6 is 11.3 Å². The molecule has 1 aliphatic heterocycles. The average molecular weight is 395 g/mol. The molecule has 2 aromatic carbocycles. The van der Waals surface area contributed by atoms with Crippen molar-refractivity contribution in [2.24, 2.45) is 0 Å². The number of fused-ring (bicyclic) bond motifs is 3. The predicted octanol–water partition coefficient (Wildman–Crippen LogP) is 1.09. The molecule has 1 fully saturated rings. The molecular weight excluding hydrogens is 374 g/mol. The lowest BCUT2D eigenvalue weighted by Gasteiger charge is -2.22. The maximum atomic E-state index is 11.3. The molecule has 3 heterocycles. The highest BCUT2D eigenvalue weighted by Gasteiger charge is 2.25. The van der Waals surface area contributed by atoms with Crippen molar-refractivity contribution in [1.82, 2.24) is 9.38 Å². The van der Waals surface area contributed by atoms with E-state index in [0.717, 1.165) is 60.2 Å². The number of benzene rings is 2. The summed E-state index contributed by atoms with van der Waals surface area (Å²) in [6, 6.07) is 15.2. The first-order chi connectivity index (χ1) is 13.7. The largest absolute Gasteiger partial charge is 0.337 e. The van der Waals surface area contributed by atoms with Gasteiger partial charge in [-0.3, -0.25) is 14.5 Å². The van der Waals surface area contributed by atoms with Crippen LogP contribution in [0, 0.1) is 10.1 Å². The van der Waals surface area contributed by atoms with Gasteiger partial charge in [-0.25, -0.2) is 4.98 Å². The Morgan fingerprint density at radius 2 is 2.00 bits per heavy atom. The normalized spacial score (nSPS) is 15.4. The summed E-state index contributed by atoms with van der Waals surface area (Å²) >= 11 is 1.67. The zero-order chi connectivity index (χ0) is 19.1. The van der Waals surface area contributed by atoms with E-state index in [0.29, 0.717) is 0 Å². The zero-order valence-corrected chi connectivity index (χ0v) is 16.1. The van der Waals surface area contributed by atoms with E-state index in [1.807, 2.05) is 18.2 Å². The molecule has 0 amide bonds. The number of nitrogens with two attached hydrogens (primary N) is 1. The van der Waals surface area contributed by atoms with Gasteiger partial charge in [0, 0.05) is 17.7 Å². The number of para-hydroxylation sites is 1. The van der Waals surface area contributed by atoms with E-state index < -0.39 is 0 Å². The van der Waals surface area contributed by atoms with Crippen LogP contribution in [0.2, 0.25) is 0 Å². The Kier molecular flexibility index (Phi) is 4.31. The molecule has 0 spiro atoms. The Morgan fingerprint density at radius 3 is 2.82 bits per heavy atom. The molecule has 0 saturated carbocycles. The number of nitrogens with zero attached hydrogens (tertiary/aromatic N) is 3. The highest BCUT2D eigenvalue weighted by atomic mass is 32.1. The fourth-order valence-corrected chi connectivity index (χ4v) is 5.07. The van der Waals surface area contributed by atoms with Crippen LogP contribution in [-0.2, 0) is 6.54 Å². The summed E-state index contributed by atoms with van der Waals surface area (Å²) in [6.45, 7) is 5.36. The second kappa shape index (κ2) is 6.97. The van der Waals surface area contributed by atoms with Gasteiger partial charge in [0.1, 0.15) is 38.4 Å². The number of nitrogens with one attached hydrogen (secondary N) is 1. The van der Waals surface area contributed by atoms with Crippen LogP contribution in [0.1, 0.15) is 5.69 Å². The zero-order valence-electron chi connectivity index (χ0n) is 15.3. The van der Waals surface area contributed by atoms with Crippen LogP contribution in [0.5, 0.6) is 0 Å². The second-order valence-corrected chi connectivity index (χ2v) is 8.20. The number of nitro benzene ring substituents is 1. The molecule has 0 radical (unpaired) electrons. The summed E-state index contributed by atoms with van der Waals surface area (Å²) in [4.78, 5) is 18.3. The summed E-state index contributed by atoms with van der Waals surface area (Å²) in [7, 11) is 0. The number of rotatable bonds is 4. The molecule has 0 aliphatic carbocycles. The van der Waals surface area contributed by atoms with Crippen LogP contribution in [-0.4, -0.2) is 40.5 Å². The molecule has 1 aliphatic rings. The van der Waals surface area contributed by atoms with Crippen LogP contribution in [0.15, 0.2) is 48.5 Å². The van der Waals surface area contributed by atoms with Crippen molar-refractivity contribution in [3.63, 3.8) is 0 Å². The first kappa shape index (κ1) is 17.3. The number of thiazole rings is 1. The molecule has 0 atom stereocenters. The van der Waals surface area contributed by atoms with Gasteiger partial charge in [-0.1, -0.05) is 35.6 Å². The van der Waals surface area contributed by atoms with Gasteiger partial charge >= 0.3 is 0 Å². The van der Waals surface area contributed by atoms with E-state index >= 15 is 0 Å². The van der Waals surface area contributed by atoms with Crippen molar-refractivity contribution in [3.8, 4) is 11.3 Å². The molecule has 0 unspecified atom stereocenters. The van der Waals surface area contributed by atoms with Crippen molar-refractivity contribution in [2.75, 3.05) is 26.2 Å². The number of quaternary nitrogens is 2. The molecular formula is C20H21N5O2S+2. The number of imidazole rings is 1. The van der Waals surface area contributed by atoms with Gasteiger partial charge in [-0.15, -0.1) is 0 Å². The van der Waals surface area contributed by atoms with Gasteiger partial charge in [0.2, 0.25) is 0 Å². The number of piperazine rings is 1. The van der Waals surface area contributed by atoms with Gasteiger partial charge in [-0.2, -0.15) is 0 Å². The van der Waals surface area contributed by atoms with Crippen LogP contribution in [0.4, 0.5) is 5.69 Å². The smallest absolute Gasteiger partial charge is 0.270 e. The van der Waals surface area contributed by atoms with E-state index in [4.69, 9.17) is 4.98 Å². The monoisotopic (exact) mass is 395 g/mol. The first-order valence-corrected chi connectivity index (χ1v) is 10.3. The lowest BCUT2D eigenvalue weighted by Crippen LogP contribution is -3.19. The minimum Gasteiger partial charge on any atom is -0.337 e. The number of hydrogen-bond acceptors (Lipinski definition) is 4. The molecule has 28 heavy (non-hydrogen) atoms. The third-order valence-corrected chi connectivity index (χ3v) is 6.42. The van der Waals surface area contributed by atoms with Crippen molar-refractivity contribution in [1.29, 1.82) is 0 Å². The highest BCUT2D eigenvalue weighted by Crippen LogP contribution is 2.33. The molecule has 7 nitrogen and oxygen atoms in total. The molecule has 1 saturated heterocycles. The Bertz CT molecular complexity index is 1180. The third-order valence-electron chi connectivity index (χ3n) is 5.40. The van der Waals surface area contributed by atoms with Crippen molar-refractivity contribution >= 4 is 32.2 Å². The summed E-state index contributed by atoms with van der Waals surface area (Å²) < 4.78 is 3.46. The number of hydrogen-bond donors (Lipinski definition) is 2. The van der Waals surface area contributed by atoms with Crippen LogP contribution in [0.25, 0.3) is 26.4 Å². The summed E-state index contributed by atoms with van der Waals surface area (Å²) in [6.07, 6.45) is 0. The predicted molar refractivity (Wildman–Crippen MR) is 109 cm³/mol. The van der Waals surface area contributed by atoms with Gasteiger partial charge in [0.25, 0.3) is 5.69 Å². The molecule has 142 valence electrons. The van der Waals surface area contributed by atoms with Crippen LogP contribution in [0.3, 0.4) is 0 Å². The molecule has 4 aromatic rings. The lowest BCUT2D eigenvalue weighted by atomic mass is 10.1. The number of non-ortho nitro benzene ring substituents is 1. The first-order valence-electron chi connectivity index (χ1n) is 9.49. The quantitative estimate of drug-likeness (QED) is 0.401. The topological polar surface area (TPSA) is 81.5 Å². The van der Waals surface area contributed by atoms with E-state index in [2.05, 4.69) is 21.9 Å². The fourth-order valence-electron chi connectivity index (χ4n) is 4.03. The van der Waals surface area contributed by atoms with Crippen molar-refractivity contribution in [3.05, 3.63) is 64.3 Å². The Labute approximate surface area is 165 Å². The Balaban J connectivity index is 1.70. The maximum Gasteiger partial charge on any atom is 0.270 e. The summed E-state index contributed by atoms with van der Waals surface area (Å²) in [5, 5.41) is 13.6. The van der Waals surface area contributed by atoms with E-state index in [1.54, 1.807) is 23.5 Å². The molecule has 5 rings (SSSR count). The molecule has 3 N–H and O–H groups in total. The minimum atomic E-state index is -0.345. The molecule has 2 aromatic heterocycles. The second-order valence-electron chi connectivity index (χ2n) is 7.20. The standard InChI is InChI=1S/C20H19N5O2S/c26-25(27)15-5-3-4-14(12-15)19-17(13-23-10-8-21-9-11-23)24-16-6-1-2-7-18(16)28-20(24)22-19/h1-7,12,21H,8-11,13H2/p+2. The minimum absolute atomic E-state index is 0.101. The third kappa shape index (κ3) is 2.95. The lowest BCUT2D eigenvalue weighted by molar-refractivity contribution is -0.958. The number of aromatic nitrogens is 2. The Morgan fingerprint density at radius 1 is 1.18 bits per heavy atom. The van der Waals surface area contributed by atoms with Gasteiger partial charge in [0.05, 0.1) is 20.8 Å². The Hall–Kier alpha value is -2.81. The van der Waals surface area contributed by atoms with Crippen molar-refractivity contribution < 1.29 is 15.1 Å². The summed E-state index contributed by atoms with van der Waals surface area (Å²) in [5.74, 6) is 0. The van der Waals surface area contributed by atoms with E-state index in [9.17, 15) is 10.1 Å². The van der Waals surface area contributed by atoms with E-state index in [-0.39, 0.29) is 10.6 Å². The van der Waals surface area contributed by atoms with Crippen molar-refractivity contribution in [2.45, 2.75) is 6.54 Å². The number of nitro groups is 1. The maximum absolute atomic E-state index is 11.3. The molecule has 0 bridgehead atoms.